The molecule has 1 aromatic carbocycles. The predicted octanol–water partition coefficient (Wildman–Crippen LogP) is 2.92. The number of hydrogen-bond donors (Lipinski definition) is 1. The number of nitro benzene ring substituents is 1. The van der Waals surface area contributed by atoms with Gasteiger partial charge in [-0.05, 0) is 31.4 Å². The fourth-order valence-corrected chi connectivity index (χ4v) is 2.71. The summed E-state index contributed by atoms with van der Waals surface area (Å²) in [6.45, 7) is 4.25. The molecule has 0 aliphatic carbocycles. The van der Waals surface area contributed by atoms with E-state index < -0.39 is 4.92 Å². The van der Waals surface area contributed by atoms with E-state index in [1.807, 2.05) is 0 Å². The van der Waals surface area contributed by atoms with Gasteiger partial charge in [0.25, 0.3) is 5.69 Å². The number of nitrogens with zero attached hydrogens (tertiary/aromatic N) is 2. The number of rotatable bonds is 4. The second-order valence-electron chi connectivity index (χ2n) is 5.45. The van der Waals surface area contributed by atoms with Gasteiger partial charge in [-0.25, -0.2) is 0 Å². The van der Waals surface area contributed by atoms with E-state index in [1.54, 1.807) is 0 Å². The van der Waals surface area contributed by atoms with E-state index in [-0.39, 0.29) is 23.8 Å². The molecule has 1 saturated heterocycles. The number of carbonyl (C=O) groups excluding carboxylic acids is 1. The molecule has 1 unspecified atom stereocenters. The summed E-state index contributed by atoms with van der Waals surface area (Å²) in [6, 6.07) is 4.00. The molecule has 1 amide bonds. The van der Waals surface area contributed by atoms with Crippen LogP contribution in [0.3, 0.4) is 0 Å². The summed E-state index contributed by atoms with van der Waals surface area (Å²) in [5.74, 6) is 0.388. The van der Waals surface area contributed by atoms with Crippen LogP contribution >= 0.6 is 11.6 Å². The van der Waals surface area contributed by atoms with Crippen LogP contribution in [0.15, 0.2) is 18.2 Å². The molecule has 0 aromatic heterocycles. The highest BCUT2D eigenvalue weighted by molar-refractivity contribution is 6.33. The molecule has 0 bridgehead atoms. The fourth-order valence-electron chi connectivity index (χ4n) is 2.55. The number of nitro groups is 1. The third-order valence-corrected chi connectivity index (χ3v) is 3.87. The Morgan fingerprint density at radius 3 is 3.00 bits per heavy atom. The average molecular weight is 312 g/mol. The van der Waals surface area contributed by atoms with Crippen molar-refractivity contribution in [3.63, 3.8) is 0 Å². The average Bonchev–Trinajstić information content (AvgIpc) is 2.41. The standard InChI is InChI=1S/C14H18ClN3O3/c1-10-3-2-6-17(8-10)9-14(19)16-13-7-11(18(20)21)4-5-12(13)15/h4-5,7,10H,2-3,6,8-9H2,1H3,(H,16,19). The highest BCUT2D eigenvalue weighted by Gasteiger charge is 2.19. The van der Waals surface area contributed by atoms with Crippen LogP contribution in [0, 0.1) is 16.0 Å². The minimum atomic E-state index is -0.516. The van der Waals surface area contributed by atoms with Crippen LogP contribution in [0.1, 0.15) is 19.8 Å². The van der Waals surface area contributed by atoms with E-state index in [2.05, 4.69) is 17.1 Å². The summed E-state index contributed by atoms with van der Waals surface area (Å²) in [4.78, 5) is 24.4. The summed E-state index contributed by atoms with van der Waals surface area (Å²) in [5.41, 5.74) is 0.183. The first kappa shape index (κ1) is 15.7. The minimum Gasteiger partial charge on any atom is -0.323 e. The molecule has 1 N–H and O–H groups in total. The second kappa shape index (κ2) is 6.87. The monoisotopic (exact) mass is 311 g/mol. The number of anilines is 1. The smallest absolute Gasteiger partial charge is 0.271 e. The number of nitrogens with one attached hydrogen (secondary N) is 1. The van der Waals surface area contributed by atoms with Gasteiger partial charge in [0.05, 0.1) is 22.2 Å². The van der Waals surface area contributed by atoms with Crippen molar-refractivity contribution in [1.82, 2.24) is 4.90 Å². The molecule has 7 heteroatoms. The number of hydrogen-bond acceptors (Lipinski definition) is 4. The second-order valence-corrected chi connectivity index (χ2v) is 5.86. The van der Waals surface area contributed by atoms with Gasteiger partial charge in [-0.1, -0.05) is 18.5 Å². The molecule has 1 heterocycles. The first-order chi connectivity index (χ1) is 9.95. The van der Waals surface area contributed by atoms with Crippen LogP contribution in [-0.2, 0) is 4.79 Å². The third-order valence-electron chi connectivity index (χ3n) is 3.54. The van der Waals surface area contributed by atoms with E-state index in [4.69, 9.17) is 11.6 Å². The molecule has 21 heavy (non-hydrogen) atoms. The summed E-state index contributed by atoms with van der Waals surface area (Å²) in [6.07, 6.45) is 2.28. The Morgan fingerprint density at radius 2 is 2.33 bits per heavy atom. The Bertz CT molecular complexity index is 550. The normalized spacial score (nSPS) is 19.2. The minimum absolute atomic E-state index is 0.0960. The summed E-state index contributed by atoms with van der Waals surface area (Å²) in [5, 5.41) is 13.7. The van der Waals surface area contributed by atoms with E-state index in [1.165, 1.54) is 24.6 Å². The topological polar surface area (TPSA) is 75.5 Å². The van der Waals surface area contributed by atoms with Crippen molar-refractivity contribution in [2.75, 3.05) is 25.0 Å². The first-order valence-corrected chi connectivity index (χ1v) is 7.29. The molecule has 6 nitrogen and oxygen atoms in total. The molecule has 2 rings (SSSR count). The zero-order chi connectivity index (χ0) is 15.4. The van der Waals surface area contributed by atoms with Gasteiger partial charge in [0, 0.05) is 18.7 Å². The molecule has 1 aliphatic rings. The molecule has 0 saturated carbocycles. The maximum atomic E-state index is 12.0. The highest BCUT2D eigenvalue weighted by atomic mass is 35.5. The van der Waals surface area contributed by atoms with Crippen molar-refractivity contribution in [1.29, 1.82) is 0 Å². The van der Waals surface area contributed by atoms with E-state index in [0.29, 0.717) is 10.9 Å². The number of benzene rings is 1. The quantitative estimate of drug-likeness (QED) is 0.685. The van der Waals surface area contributed by atoms with Crippen LogP contribution in [0.2, 0.25) is 5.02 Å². The lowest BCUT2D eigenvalue weighted by molar-refractivity contribution is -0.384. The summed E-state index contributed by atoms with van der Waals surface area (Å²) < 4.78 is 0. The summed E-state index contributed by atoms with van der Waals surface area (Å²) >= 11 is 5.96. The van der Waals surface area contributed by atoms with E-state index in [9.17, 15) is 14.9 Å². The zero-order valence-corrected chi connectivity index (χ0v) is 12.6. The molecule has 1 aliphatic heterocycles. The van der Waals surface area contributed by atoms with Crippen molar-refractivity contribution < 1.29 is 9.72 Å². The number of piperidine rings is 1. The van der Waals surface area contributed by atoms with Crippen LogP contribution in [0.25, 0.3) is 0 Å². The molecule has 114 valence electrons. The number of likely N-dealkylation sites (tertiary alicyclic amines) is 1. The van der Waals surface area contributed by atoms with Gasteiger partial charge in [-0.15, -0.1) is 0 Å². The van der Waals surface area contributed by atoms with Crippen molar-refractivity contribution in [3.05, 3.63) is 33.3 Å². The third kappa shape index (κ3) is 4.41. The van der Waals surface area contributed by atoms with Crippen molar-refractivity contribution in [2.45, 2.75) is 19.8 Å². The largest absolute Gasteiger partial charge is 0.323 e. The van der Waals surface area contributed by atoms with Gasteiger partial charge in [0.1, 0.15) is 0 Å². The van der Waals surface area contributed by atoms with Crippen molar-refractivity contribution >= 4 is 28.9 Å². The van der Waals surface area contributed by atoms with Crippen molar-refractivity contribution in [2.24, 2.45) is 5.92 Å². The number of halogens is 1. The van der Waals surface area contributed by atoms with Crippen LogP contribution < -0.4 is 5.32 Å². The maximum Gasteiger partial charge on any atom is 0.271 e. The molecule has 1 fully saturated rings. The van der Waals surface area contributed by atoms with Crippen molar-refractivity contribution in [3.8, 4) is 0 Å². The van der Waals surface area contributed by atoms with Crippen LogP contribution in [0.5, 0.6) is 0 Å². The number of amides is 1. The van der Waals surface area contributed by atoms with E-state index in [0.717, 1.165) is 19.5 Å². The van der Waals surface area contributed by atoms with Gasteiger partial charge < -0.3 is 5.32 Å². The predicted molar refractivity (Wildman–Crippen MR) is 81.6 cm³/mol. The Labute approximate surface area is 128 Å². The van der Waals surface area contributed by atoms with Gasteiger partial charge in [-0.2, -0.15) is 0 Å². The highest BCUT2D eigenvalue weighted by Crippen LogP contribution is 2.26. The SMILES string of the molecule is CC1CCCN(CC(=O)Nc2cc([N+](=O)[O-])ccc2Cl)C1. The van der Waals surface area contributed by atoms with Gasteiger partial charge in [0.15, 0.2) is 0 Å². The van der Waals surface area contributed by atoms with E-state index >= 15 is 0 Å². The molecule has 1 aromatic rings. The van der Waals surface area contributed by atoms with Crippen LogP contribution in [0.4, 0.5) is 11.4 Å². The van der Waals surface area contributed by atoms with Crippen LogP contribution in [-0.4, -0.2) is 35.4 Å². The Kier molecular flexibility index (Phi) is 5.14. The summed E-state index contributed by atoms with van der Waals surface area (Å²) in [7, 11) is 0. The lowest BCUT2D eigenvalue weighted by Crippen LogP contribution is -2.39. The molecule has 0 radical (unpaired) electrons. The Hall–Kier alpha value is -1.66. The van der Waals surface area contributed by atoms with Gasteiger partial charge in [-0.3, -0.25) is 19.8 Å². The fraction of sp³-hybridized carbons (Fsp3) is 0.500. The number of carbonyl (C=O) groups is 1. The number of non-ortho nitro benzene ring substituents is 1. The zero-order valence-electron chi connectivity index (χ0n) is 11.8. The Morgan fingerprint density at radius 1 is 1.57 bits per heavy atom. The molecular formula is C14H18ClN3O3. The molecule has 0 spiro atoms. The maximum absolute atomic E-state index is 12.0. The first-order valence-electron chi connectivity index (χ1n) is 6.92. The van der Waals surface area contributed by atoms with Gasteiger partial charge >= 0.3 is 0 Å². The van der Waals surface area contributed by atoms with Gasteiger partial charge in [0.2, 0.25) is 5.91 Å². The lowest BCUT2D eigenvalue weighted by Gasteiger charge is -2.30. The Balaban J connectivity index is 1.99. The lowest BCUT2D eigenvalue weighted by atomic mass is 10.0. The molecule has 1 atom stereocenters. The molecular weight excluding hydrogens is 294 g/mol.